The molecule has 3 aromatic rings. The standard InChI is InChI=1S/C28H32N4O4S/c1-20(30-28(34)27(33)29-17-22-9-10-23-24(16-22)36-19-35-23)26(25-8-5-15-37-25)32-13-11-31(12-14-32)18-21-6-3-2-4-7-21/h2-10,15-16,20,26H,11-14,17-19H2,1H3,(H,29,33)(H,30,34). The van der Waals surface area contributed by atoms with Gasteiger partial charge in [0.1, 0.15) is 0 Å². The van der Waals surface area contributed by atoms with E-state index < -0.39 is 11.8 Å². The molecule has 37 heavy (non-hydrogen) atoms. The Morgan fingerprint density at radius 3 is 2.46 bits per heavy atom. The number of nitrogens with one attached hydrogen (secondary N) is 2. The van der Waals surface area contributed by atoms with Crippen LogP contribution in [-0.4, -0.2) is 60.6 Å². The molecule has 0 spiro atoms. The lowest BCUT2D eigenvalue weighted by Crippen LogP contribution is -2.53. The highest BCUT2D eigenvalue weighted by atomic mass is 32.1. The van der Waals surface area contributed by atoms with Crippen molar-refractivity contribution in [3.05, 3.63) is 82.0 Å². The normalized spacial score (nSPS) is 17.2. The maximum Gasteiger partial charge on any atom is 0.309 e. The largest absolute Gasteiger partial charge is 0.454 e. The van der Waals surface area contributed by atoms with E-state index in [1.54, 1.807) is 17.4 Å². The van der Waals surface area contributed by atoms with Crippen molar-refractivity contribution in [1.82, 2.24) is 20.4 Å². The molecule has 2 aromatic carbocycles. The maximum absolute atomic E-state index is 12.8. The smallest absolute Gasteiger partial charge is 0.309 e. The van der Waals surface area contributed by atoms with Gasteiger partial charge in [0.15, 0.2) is 11.5 Å². The average Bonchev–Trinajstić information content (AvgIpc) is 3.61. The lowest BCUT2D eigenvalue weighted by atomic mass is 10.0. The molecule has 2 aliphatic rings. The molecule has 2 aliphatic heterocycles. The molecule has 1 fully saturated rings. The van der Waals surface area contributed by atoms with E-state index in [1.165, 1.54) is 10.4 Å². The first-order valence-corrected chi connectivity index (χ1v) is 13.5. The number of hydrogen-bond acceptors (Lipinski definition) is 7. The number of ether oxygens (including phenoxy) is 2. The number of piperazine rings is 1. The van der Waals surface area contributed by atoms with Gasteiger partial charge in [0.25, 0.3) is 0 Å². The predicted molar refractivity (Wildman–Crippen MR) is 142 cm³/mol. The second-order valence-electron chi connectivity index (χ2n) is 9.39. The minimum Gasteiger partial charge on any atom is -0.454 e. The number of thiophene rings is 1. The fraction of sp³-hybridized carbons (Fsp3) is 0.357. The second-order valence-corrected chi connectivity index (χ2v) is 10.4. The summed E-state index contributed by atoms with van der Waals surface area (Å²) >= 11 is 1.68. The molecule has 9 heteroatoms. The number of rotatable bonds is 8. The summed E-state index contributed by atoms with van der Waals surface area (Å²) in [5.41, 5.74) is 2.15. The van der Waals surface area contributed by atoms with Crippen LogP contribution in [0.4, 0.5) is 0 Å². The molecule has 0 bridgehead atoms. The van der Waals surface area contributed by atoms with Gasteiger partial charge in [-0.15, -0.1) is 11.3 Å². The van der Waals surface area contributed by atoms with E-state index in [0.29, 0.717) is 11.5 Å². The van der Waals surface area contributed by atoms with Gasteiger partial charge in [0.2, 0.25) is 6.79 Å². The van der Waals surface area contributed by atoms with Gasteiger partial charge in [-0.25, -0.2) is 0 Å². The van der Waals surface area contributed by atoms with Crippen LogP contribution < -0.4 is 20.1 Å². The number of nitrogens with zero attached hydrogens (tertiary/aromatic N) is 2. The van der Waals surface area contributed by atoms with Crippen LogP contribution in [0, 0.1) is 0 Å². The number of hydrogen-bond donors (Lipinski definition) is 2. The Kier molecular flexibility index (Phi) is 8.03. The van der Waals surface area contributed by atoms with Crippen molar-refractivity contribution in [2.24, 2.45) is 0 Å². The van der Waals surface area contributed by atoms with Gasteiger partial charge in [-0.2, -0.15) is 0 Å². The Morgan fingerprint density at radius 1 is 0.919 bits per heavy atom. The molecule has 194 valence electrons. The Hall–Kier alpha value is -3.40. The van der Waals surface area contributed by atoms with Crippen molar-refractivity contribution in [2.75, 3.05) is 33.0 Å². The molecule has 5 rings (SSSR count). The molecule has 0 saturated carbocycles. The minimum atomic E-state index is -0.651. The third-order valence-electron chi connectivity index (χ3n) is 6.81. The fourth-order valence-corrected chi connectivity index (χ4v) is 5.87. The zero-order chi connectivity index (χ0) is 25.6. The summed E-state index contributed by atoms with van der Waals surface area (Å²) < 4.78 is 10.7. The van der Waals surface area contributed by atoms with Crippen LogP contribution in [0.3, 0.4) is 0 Å². The first-order chi connectivity index (χ1) is 18.1. The molecular weight excluding hydrogens is 488 g/mol. The molecule has 3 heterocycles. The van der Waals surface area contributed by atoms with E-state index in [2.05, 4.69) is 56.1 Å². The van der Waals surface area contributed by atoms with E-state index in [1.807, 2.05) is 31.2 Å². The number of carbonyl (C=O) groups excluding carboxylic acids is 2. The lowest BCUT2D eigenvalue weighted by molar-refractivity contribution is -0.140. The van der Waals surface area contributed by atoms with Crippen molar-refractivity contribution < 1.29 is 19.1 Å². The zero-order valence-electron chi connectivity index (χ0n) is 20.9. The van der Waals surface area contributed by atoms with Gasteiger partial charge < -0.3 is 20.1 Å². The van der Waals surface area contributed by atoms with Crippen molar-refractivity contribution in [3.8, 4) is 11.5 Å². The number of carbonyl (C=O) groups is 2. The van der Waals surface area contributed by atoms with Crippen LogP contribution in [0.2, 0.25) is 0 Å². The topological polar surface area (TPSA) is 83.1 Å². The van der Waals surface area contributed by atoms with Crippen molar-refractivity contribution in [3.63, 3.8) is 0 Å². The molecule has 2 N–H and O–H groups in total. The summed E-state index contributed by atoms with van der Waals surface area (Å²) in [7, 11) is 0. The Bertz CT molecular complexity index is 1200. The molecule has 8 nitrogen and oxygen atoms in total. The van der Waals surface area contributed by atoms with E-state index in [4.69, 9.17) is 9.47 Å². The number of fused-ring (bicyclic) bond motifs is 1. The van der Waals surface area contributed by atoms with Crippen LogP contribution in [-0.2, 0) is 22.7 Å². The van der Waals surface area contributed by atoms with Gasteiger partial charge in [-0.1, -0.05) is 42.5 Å². The van der Waals surface area contributed by atoms with E-state index >= 15 is 0 Å². The van der Waals surface area contributed by atoms with Crippen LogP contribution in [0.5, 0.6) is 11.5 Å². The summed E-state index contributed by atoms with van der Waals surface area (Å²) in [6.45, 7) is 7.03. The van der Waals surface area contributed by atoms with Crippen LogP contribution >= 0.6 is 11.3 Å². The molecule has 0 aliphatic carbocycles. The molecule has 2 unspecified atom stereocenters. The minimum absolute atomic E-state index is 0.00415. The number of amides is 2. The van der Waals surface area contributed by atoms with Gasteiger partial charge in [-0.3, -0.25) is 19.4 Å². The third kappa shape index (κ3) is 6.30. The van der Waals surface area contributed by atoms with E-state index in [0.717, 1.165) is 38.3 Å². The van der Waals surface area contributed by atoms with Crippen molar-refractivity contribution in [1.29, 1.82) is 0 Å². The SMILES string of the molecule is CC(NC(=O)C(=O)NCc1ccc2c(c1)OCO2)C(c1cccs1)N1CCN(Cc2ccccc2)CC1. The average molecular weight is 521 g/mol. The van der Waals surface area contributed by atoms with Gasteiger partial charge >= 0.3 is 11.8 Å². The first kappa shape index (κ1) is 25.3. The molecule has 2 amide bonds. The molecular formula is C28H32N4O4S. The highest BCUT2D eigenvalue weighted by Crippen LogP contribution is 2.32. The Morgan fingerprint density at radius 2 is 1.70 bits per heavy atom. The quantitative estimate of drug-likeness (QED) is 0.444. The highest BCUT2D eigenvalue weighted by Gasteiger charge is 2.32. The third-order valence-corrected chi connectivity index (χ3v) is 7.76. The lowest BCUT2D eigenvalue weighted by Gasteiger charge is -2.41. The highest BCUT2D eigenvalue weighted by molar-refractivity contribution is 7.10. The zero-order valence-corrected chi connectivity index (χ0v) is 21.7. The van der Waals surface area contributed by atoms with Crippen LogP contribution in [0.25, 0.3) is 0 Å². The Labute approximate surface area is 221 Å². The molecule has 1 aromatic heterocycles. The van der Waals surface area contributed by atoms with Gasteiger partial charge in [0, 0.05) is 50.2 Å². The maximum atomic E-state index is 12.8. The van der Waals surface area contributed by atoms with Crippen LogP contribution in [0.15, 0.2) is 66.0 Å². The van der Waals surface area contributed by atoms with Crippen molar-refractivity contribution in [2.45, 2.75) is 32.1 Å². The Balaban J connectivity index is 1.16. The monoisotopic (exact) mass is 520 g/mol. The van der Waals surface area contributed by atoms with Crippen LogP contribution in [0.1, 0.15) is 29.0 Å². The van der Waals surface area contributed by atoms with Gasteiger partial charge in [-0.05, 0) is 41.6 Å². The van der Waals surface area contributed by atoms with Crippen molar-refractivity contribution >= 4 is 23.2 Å². The molecule has 1 saturated heterocycles. The molecule has 2 atom stereocenters. The second kappa shape index (κ2) is 11.8. The summed E-state index contributed by atoms with van der Waals surface area (Å²) in [4.78, 5) is 31.4. The summed E-state index contributed by atoms with van der Waals surface area (Å²) in [6.07, 6.45) is 0. The van der Waals surface area contributed by atoms with E-state index in [9.17, 15) is 9.59 Å². The summed E-state index contributed by atoms with van der Waals surface area (Å²) in [5.74, 6) is 0.0503. The number of benzene rings is 2. The summed E-state index contributed by atoms with van der Waals surface area (Å²) in [6, 6.07) is 19.9. The first-order valence-electron chi connectivity index (χ1n) is 12.6. The van der Waals surface area contributed by atoms with Gasteiger partial charge in [0.05, 0.1) is 6.04 Å². The summed E-state index contributed by atoms with van der Waals surface area (Å²) in [5, 5.41) is 7.72. The fourth-order valence-electron chi connectivity index (χ4n) is 4.91. The predicted octanol–water partition coefficient (Wildman–Crippen LogP) is 3.16. The van der Waals surface area contributed by atoms with E-state index in [-0.39, 0.29) is 25.4 Å². The molecule has 0 radical (unpaired) electrons.